The predicted molar refractivity (Wildman–Crippen MR) is 120 cm³/mol. The monoisotopic (exact) mass is 428 g/mol. The van der Waals surface area contributed by atoms with Gasteiger partial charge in [0, 0.05) is 50.0 Å². The van der Waals surface area contributed by atoms with Gasteiger partial charge in [0.25, 0.3) is 0 Å². The minimum Gasteiger partial charge on any atom is -0.380 e. The molecule has 0 unspecified atom stereocenters. The van der Waals surface area contributed by atoms with Crippen LogP contribution in [0, 0.1) is 36.3 Å². The molecule has 0 spiro atoms. The highest BCUT2D eigenvalue weighted by Crippen LogP contribution is 2.41. The van der Waals surface area contributed by atoms with Gasteiger partial charge in [-0.05, 0) is 62.5 Å². The van der Waals surface area contributed by atoms with Crippen LogP contribution in [0.25, 0.3) is 11.1 Å². The summed E-state index contributed by atoms with van der Waals surface area (Å²) >= 11 is 0. The average Bonchev–Trinajstić information content (AvgIpc) is 3.39. The van der Waals surface area contributed by atoms with E-state index < -0.39 is 11.6 Å². The highest BCUT2D eigenvalue weighted by atomic mass is 19.2. The zero-order chi connectivity index (χ0) is 21.5. The summed E-state index contributed by atoms with van der Waals surface area (Å²) in [5.74, 6) is 0.688. The predicted octanol–water partition coefficient (Wildman–Crippen LogP) is 5.38. The summed E-state index contributed by atoms with van der Waals surface area (Å²) in [4.78, 5) is 2.67. The number of hydrogen-bond donors (Lipinski definition) is 1. The van der Waals surface area contributed by atoms with Gasteiger partial charge in [0.15, 0.2) is 11.6 Å². The van der Waals surface area contributed by atoms with Crippen LogP contribution in [0.15, 0.2) is 18.3 Å². The van der Waals surface area contributed by atoms with Crippen molar-refractivity contribution in [2.45, 2.75) is 57.9 Å². The van der Waals surface area contributed by atoms with Crippen LogP contribution in [0.3, 0.4) is 0 Å². The van der Waals surface area contributed by atoms with Crippen LogP contribution in [-0.4, -0.2) is 40.4 Å². The molecular formula is C25H34F2N4. The highest BCUT2D eigenvalue weighted by molar-refractivity contribution is 5.68. The number of benzene rings is 1. The summed E-state index contributed by atoms with van der Waals surface area (Å²) in [7, 11) is 1.79. The van der Waals surface area contributed by atoms with E-state index in [1.807, 2.05) is 6.92 Å². The Morgan fingerprint density at radius 2 is 1.71 bits per heavy atom. The molecular weight excluding hydrogens is 394 g/mol. The van der Waals surface area contributed by atoms with Crippen molar-refractivity contribution in [3.63, 3.8) is 0 Å². The number of nitrogens with zero attached hydrogens (tertiary/aromatic N) is 3. The number of likely N-dealkylation sites (tertiary alicyclic amines) is 1. The molecule has 3 fully saturated rings. The van der Waals surface area contributed by atoms with Gasteiger partial charge in [-0.1, -0.05) is 19.3 Å². The molecule has 4 nitrogen and oxygen atoms in total. The molecule has 2 aliphatic carbocycles. The molecule has 6 heteroatoms. The molecule has 1 saturated heterocycles. The summed E-state index contributed by atoms with van der Waals surface area (Å²) in [6.07, 6.45) is 10.8. The second-order valence-electron chi connectivity index (χ2n) is 10.1. The third-order valence-electron chi connectivity index (χ3n) is 7.81. The fourth-order valence-corrected chi connectivity index (χ4v) is 6.35. The van der Waals surface area contributed by atoms with E-state index in [-0.39, 0.29) is 17.3 Å². The molecule has 2 heterocycles. The van der Waals surface area contributed by atoms with E-state index in [9.17, 15) is 8.78 Å². The molecule has 3 atom stereocenters. The largest absolute Gasteiger partial charge is 0.380 e. The SMILES string of the molecule is Cc1nn(C)cc1-c1ccc(N[C@@H]2C[C@@H]3CN(CC4CCCCC4)C[C@@H]3C2)c(F)c1F. The molecule has 1 N–H and O–H groups in total. The lowest BCUT2D eigenvalue weighted by molar-refractivity contribution is 0.221. The molecule has 2 aromatic rings. The van der Waals surface area contributed by atoms with Gasteiger partial charge in [0.1, 0.15) is 0 Å². The maximum Gasteiger partial charge on any atom is 0.182 e. The lowest BCUT2D eigenvalue weighted by Crippen LogP contribution is -2.30. The second kappa shape index (κ2) is 8.53. The second-order valence-corrected chi connectivity index (χ2v) is 10.1. The Bertz CT molecular complexity index is 920. The van der Waals surface area contributed by atoms with Crippen LogP contribution in [-0.2, 0) is 7.05 Å². The first-order valence-electron chi connectivity index (χ1n) is 12.0. The quantitative estimate of drug-likeness (QED) is 0.694. The average molecular weight is 429 g/mol. The Labute approximate surface area is 184 Å². The molecule has 2 saturated carbocycles. The van der Waals surface area contributed by atoms with E-state index in [4.69, 9.17) is 0 Å². The molecule has 3 aliphatic rings. The first kappa shape index (κ1) is 20.9. The third-order valence-corrected chi connectivity index (χ3v) is 7.81. The van der Waals surface area contributed by atoms with Crippen LogP contribution < -0.4 is 5.32 Å². The number of hydrogen-bond acceptors (Lipinski definition) is 3. The number of fused-ring (bicyclic) bond motifs is 1. The summed E-state index contributed by atoms with van der Waals surface area (Å²) in [6, 6.07) is 3.59. The van der Waals surface area contributed by atoms with Crippen molar-refractivity contribution in [1.29, 1.82) is 0 Å². The van der Waals surface area contributed by atoms with E-state index in [1.54, 1.807) is 30.1 Å². The normalized spacial score (nSPS) is 27.0. The first-order chi connectivity index (χ1) is 15.0. The summed E-state index contributed by atoms with van der Waals surface area (Å²) in [6.45, 7) is 5.43. The lowest BCUT2D eigenvalue weighted by Gasteiger charge is -2.27. The van der Waals surface area contributed by atoms with Gasteiger partial charge in [0.2, 0.25) is 0 Å². The smallest absolute Gasteiger partial charge is 0.182 e. The van der Waals surface area contributed by atoms with Crippen molar-refractivity contribution in [3.8, 4) is 11.1 Å². The van der Waals surface area contributed by atoms with Gasteiger partial charge >= 0.3 is 0 Å². The van der Waals surface area contributed by atoms with Crippen LogP contribution in [0.2, 0.25) is 0 Å². The van der Waals surface area contributed by atoms with Gasteiger partial charge in [-0.25, -0.2) is 8.78 Å². The number of rotatable bonds is 5. The zero-order valence-corrected chi connectivity index (χ0v) is 18.7. The van der Waals surface area contributed by atoms with Gasteiger partial charge in [-0.2, -0.15) is 5.10 Å². The van der Waals surface area contributed by atoms with Gasteiger partial charge in [-0.15, -0.1) is 0 Å². The Balaban J connectivity index is 1.20. The standard InChI is InChI=1S/C25H34F2N4/c1-16-22(15-30(2)29-16)21-8-9-23(25(27)24(21)26)28-20-10-18-13-31(14-19(18)11-20)12-17-6-4-3-5-7-17/h8-9,15,17-20,28H,3-7,10-14H2,1-2H3/t18-,19+,20-. The number of aryl methyl sites for hydroxylation is 2. The Morgan fingerprint density at radius 1 is 1.00 bits per heavy atom. The molecule has 0 bridgehead atoms. The van der Waals surface area contributed by atoms with Crippen molar-refractivity contribution in [2.24, 2.45) is 24.8 Å². The van der Waals surface area contributed by atoms with E-state index in [0.717, 1.165) is 18.8 Å². The summed E-state index contributed by atoms with van der Waals surface area (Å²) in [5.41, 5.74) is 1.89. The van der Waals surface area contributed by atoms with Crippen LogP contribution in [0.5, 0.6) is 0 Å². The molecule has 31 heavy (non-hydrogen) atoms. The molecule has 0 radical (unpaired) electrons. The van der Waals surface area contributed by atoms with Crippen molar-refractivity contribution < 1.29 is 8.78 Å². The van der Waals surface area contributed by atoms with Crippen molar-refractivity contribution in [3.05, 3.63) is 35.7 Å². The van der Waals surface area contributed by atoms with Crippen LogP contribution >= 0.6 is 0 Å². The molecule has 168 valence electrons. The van der Waals surface area contributed by atoms with Gasteiger partial charge in [0.05, 0.1) is 11.4 Å². The molecule has 5 rings (SSSR count). The zero-order valence-electron chi connectivity index (χ0n) is 18.7. The van der Waals surface area contributed by atoms with E-state index in [2.05, 4.69) is 15.3 Å². The third kappa shape index (κ3) is 4.23. The number of halogens is 2. The van der Waals surface area contributed by atoms with Crippen molar-refractivity contribution in [1.82, 2.24) is 14.7 Å². The van der Waals surface area contributed by atoms with E-state index in [1.165, 1.54) is 51.7 Å². The molecule has 1 aromatic heterocycles. The fourth-order valence-electron chi connectivity index (χ4n) is 6.35. The highest BCUT2D eigenvalue weighted by Gasteiger charge is 2.41. The molecule has 1 aromatic carbocycles. The topological polar surface area (TPSA) is 33.1 Å². The minimum absolute atomic E-state index is 0.228. The summed E-state index contributed by atoms with van der Waals surface area (Å²) in [5, 5.41) is 7.57. The maximum absolute atomic E-state index is 14.9. The number of anilines is 1. The number of nitrogens with one attached hydrogen (secondary N) is 1. The van der Waals surface area contributed by atoms with Crippen LogP contribution in [0.4, 0.5) is 14.5 Å². The number of aromatic nitrogens is 2. The van der Waals surface area contributed by atoms with Gasteiger partial charge in [-0.3, -0.25) is 4.68 Å². The van der Waals surface area contributed by atoms with E-state index >= 15 is 0 Å². The lowest BCUT2D eigenvalue weighted by atomic mass is 9.89. The Hall–Kier alpha value is -1.95. The van der Waals surface area contributed by atoms with E-state index in [0.29, 0.717) is 23.1 Å². The summed E-state index contributed by atoms with van der Waals surface area (Å²) < 4.78 is 31.4. The molecule has 0 amide bonds. The fraction of sp³-hybridized carbons (Fsp3) is 0.640. The van der Waals surface area contributed by atoms with Gasteiger partial charge < -0.3 is 10.2 Å². The molecule has 1 aliphatic heterocycles. The van der Waals surface area contributed by atoms with Crippen molar-refractivity contribution >= 4 is 5.69 Å². The Kier molecular flexibility index (Phi) is 5.76. The maximum atomic E-state index is 14.9. The first-order valence-corrected chi connectivity index (χ1v) is 12.0. The van der Waals surface area contributed by atoms with Crippen molar-refractivity contribution in [2.75, 3.05) is 25.0 Å². The minimum atomic E-state index is -0.794. The van der Waals surface area contributed by atoms with Crippen LogP contribution in [0.1, 0.15) is 50.6 Å². The Morgan fingerprint density at radius 3 is 2.35 bits per heavy atom.